The van der Waals surface area contributed by atoms with E-state index in [0.717, 1.165) is 19.8 Å². The minimum absolute atomic E-state index is 0.0482. The minimum atomic E-state index is -3.83. The van der Waals surface area contributed by atoms with E-state index in [1.54, 1.807) is 11.1 Å². The predicted molar refractivity (Wildman–Crippen MR) is 122 cm³/mol. The number of anilines is 1. The van der Waals surface area contributed by atoms with Gasteiger partial charge in [-0.15, -0.1) is 0 Å². The average Bonchev–Trinajstić information content (AvgIpc) is 3.23. The fourth-order valence-corrected chi connectivity index (χ4v) is 5.54. The molecule has 1 amide bonds. The molecule has 0 saturated carbocycles. The molecule has 0 bridgehead atoms. The number of nitrogens with zero attached hydrogens (tertiary/aromatic N) is 5. The summed E-state index contributed by atoms with van der Waals surface area (Å²) >= 11 is 1.52. The fraction of sp³-hybridized carbons (Fsp3) is 0.333. The Hall–Kier alpha value is -2.89. The standard InChI is InChI=1S/C21H23N5O4S2/c1-15(27)16-5-7-17(8-6-16)32(29,30)24(2)14-19(28)25-10-12-26(13-11-25)21-23-18-4-3-9-22-20(18)31-21/h3-9H,10-14H2,1-2H3. The van der Waals surface area contributed by atoms with Crippen molar-refractivity contribution in [2.45, 2.75) is 11.8 Å². The van der Waals surface area contributed by atoms with E-state index in [0.29, 0.717) is 31.7 Å². The lowest BCUT2D eigenvalue weighted by Gasteiger charge is -2.35. The molecule has 9 nitrogen and oxygen atoms in total. The van der Waals surface area contributed by atoms with Crippen LogP contribution in [-0.2, 0) is 14.8 Å². The number of ketones is 1. The van der Waals surface area contributed by atoms with Gasteiger partial charge in [0.25, 0.3) is 0 Å². The van der Waals surface area contributed by atoms with Crippen molar-refractivity contribution in [3.05, 3.63) is 48.2 Å². The zero-order valence-electron chi connectivity index (χ0n) is 17.8. The second-order valence-electron chi connectivity index (χ2n) is 7.53. The fourth-order valence-electron chi connectivity index (χ4n) is 3.46. The predicted octanol–water partition coefficient (Wildman–Crippen LogP) is 1.86. The van der Waals surface area contributed by atoms with Crippen LogP contribution >= 0.6 is 11.3 Å². The Kier molecular flexibility index (Phi) is 6.22. The van der Waals surface area contributed by atoms with Crippen LogP contribution in [0.4, 0.5) is 5.13 Å². The number of pyridine rings is 1. The van der Waals surface area contributed by atoms with Crippen LogP contribution in [0.5, 0.6) is 0 Å². The van der Waals surface area contributed by atoms with Crippen LogP contribution in [0.1, 0.15) is 17.3 Å². The number of carbonyl (C=O) groups is 2. The zero-order valence-corrected chi connectivity index (χ0v) is 19.4. The highest BCUT2D eigenvalue weighted by molar-refractivity contribution is 7.89. The summed E-state index contributed by atoms with van der Waals surface area (Å²) in [6.45, 7) is 3.39. The van der Waals surface area contributed by atoms with Gasteiger partial charge in [-0.2, -0.15) is 4.31 Å². The van der Waals surface area contributed by atoms with E-state index in [1.165, 1.54) is 49.6 Å². The zero-order chi connectivity index (χ0) is 22.9. The van der Waals surface area contributed by atoms with Gasteiger partial charge in [0.15, 0.2) is 10.9 Å². The Balaban J connectivity index is 1.36. The van der Waals surface area contributed by atoms with Crippen LogP contribution < -0.4 is 4.90 Å². The number of Topliss-reactive ketones (excluding diaryl/α,β-unsaturated/α-hetero) is 1. The highest BCUT2D eigenvalue weighted by Crippen LogP contribution is 2.27. The maximum atomic E-state index is 12.8. The highest BCUT2D eigenvalue weighted by atomic mass is 32.2. The Morgan fingerprint density at radius 3 is 2.41 bits per heavy atom. The van der Waals surface area contributed by atoms with Crippen molar-refractivity contribution in [2.75, 3.05) is 44.7 Å². The molecule has 32 heavy (non-hydrogen) atoms. The number of fused-ring (bicyclic) bond motifs is 1. The number of carbonyl (C=O) groups excluding carboxylic acids is 2. The SMILES string of the molecule is CC(=O)c1ccc(S(=O)(=O)N(C)CC(=O)N2CCN(c3nc4cccnc4s3)CC2)cc1. The third-order valence-corrected chi connectivity index (χ3v) is 8.24. The lowest BCUT2D eigenvalue weighted by Crippen LogP contribution is -2.51. The summed E-state index contributed by atoms with van der Waals surface area (Å²) in [6, 6.07) is 9.50. The molecule has 0 aliphatic carbocycles. The molecular weight excluding hydrogens is 450 g/mol. The van der Waals surface area contributed by atoms with E-state index in [4.69, 9.17) is 0 Å². The van der Waals surface area contributed by atoms with E-state index < -0.39 is 10.0 Å². The van der Waals surface area contributed by atoms with E-state index in [-0.39, 0.29) is 23.1 Å². The van der Waals surface area contributed by atoms with Gasteiger partial charge in [0.05, 0.1) is 11.4 Å². The van der Waals surface area contributed by atoms with Crippen molar-refractivity contribution >= 4 is 48.5 Å². The van der Waals surface area contributed by atoms with Crippen molar-refractivity contribution in [1.29, 1.82) is 0 Å². The van der Waals surface area contributed by atoms with Crippen LogP contribution in [0, 0.1) is 0 Å². The Morgan fingerprint density at radius 2 is 1.78 bits per heavy atom. The van der Waals surface area contributed by atoms with Crippen LogP contribution in [-0.4, -0.2) is 79.1 Å². The minimum Gasteiger partial charge on any atom is -0.344 e. The summed E-state index contributed by atoms with van der Waals surface area (Å²) in [6.07, 6.45) is 1.74. The second kappa shape index (κ2) is 8.93. The first-order valence-electron chi connectivity index (χ1n) is 10.1. The van der Waals surface area contributed by atoms with Gasteiger partial charge in [-0.05, 0) is 31.2 Å². The maximum absolute atomic E-state index is 12.8. The van der Waals surface area contributed by atoms with Gasteiger partial charge in [-0.1, -0.05) is 23.5 Å². The molecule has 1 aliphatic rings. The van der Waals surface area contributed by atoms with Crippen molar-refractivity contribution in [2.24, 2.45) is 0 Å². The molecule has 1 saturated heterocycles. The van der Waals surface area contributed by atoms with Crippen LogP contribution in [0.2, 0.25) is 0 Å². The van der Waals surface area contributed by atoms with Crippen LogP contribution in [0.25, 0.3) is 10.3 Å². The van der Waals surface area contributed by atoms with E-state index >= 15 is 0 Å². The third-order valence-electron chi connectivity index (χ3n) is 5.38. The number of hydrogen-bond donors (Lipinski definition) is 0. The summed E-state index contributed by atoms with van der Waals surface area (Å²) in [5.41, 5.74) is 1.29. The highest BCUT2D eigenvalue weighted by Gasteiger charge is 2.28. The van der Waals surface area contributed by atoms with Gasteiger partial charge in [0.2, 0.25) is 15.9 Å². The molecule has 1 fully saturated rings. The smallest absolute Gasteiger partial charge is 0.243 e. The first-order chi connectivity index (χ1) is 15.3. The number of amides is 1. The average molecular weight is 474 g/mol. The normalized spacial score (nSPS) is 14.8. The first-order valence-corrected chi connectivity index (χ1v) is 12.3. The van der Waals surface area contributed by atoms with Crippen molar-refractivity contribution < 1.29 is 18.0 Å². The van der Waals surface area contributed by atoms with Crippen molar-refractivity contribution in [3.8, 4) is 0 Å². The van der Waals surface area contributed by atoms with Crippen LogP contribution in [0.3, 0.4) is 0 Å². The number of piperazine rings is 1. The number of likely N-dealkylation sites (N-methyl/N-ethyl adjacent to an activating group) is 1. The van der Waals surface area contributed by atoms with E-state index in [9.17, 15) is 18.0 Å². The topological polar surface area (TPSA) is 104 Å². The van der Waals surface area contributed by atoms with Crippen LogP contribution in [0.15, 0.2) is 47.5 Å². The van der Waals surface area contributed by atoms with Gasteiger partial charge in [-0.3, -0.25) is 9.59 Å². The summed E-state index contributed by atoms with van der Waals surface area (Å²) in [5.74, 6) is -0.388. The summed E-state index contributed by atoms with van der Waals surface area (Å²) in [7, 11) is -2.45. The Morgan fingerprint density at radius 1 is 1.09 bits per heavy atom. The molecule has 3 heterocycles. The molecule has 0 N–H and O–H groups in total. The number of thiazole rings is 1. The van der Waals surface area contributed by atoms with E-state index in [1.807, 2.05) is 12.1 Å². The molecule has 11 heteroatoms. The summed E-state index contributed by atoms with van der Waals surface area (Å²) in [4.78, 5) is 37.8. The lowest BCUT2D eigenvalue weighted by atomic mass is 10.2. The van der Waals surface area contributed by atoms with E-state index in [2.05, 4.69) is 14.9 Å². The second-order valence-corrected chi connectivity index (χ2v) is 10.5. The molecule has 0 unspecified atom stereocenters. The quantitative estimate of drug-likeness (QED) is 0.504. The van der Waals surface area contributed by atoms with Gasteiger partial charge < -0.3 is 9.80 Å². The third kappa shape index (κ3) is 4.50. The molecule has 1 aliphatic heterocycles. The molecule has 0 atom stereocenters. The molecule has 0 radical (unpaired) electrons. The summed E-state index contributed by atoms with van der Waals surface area (Å²) in [5, 5.41) is 0.875. The largest absolute Gasteiger partial charge is 0.344 e. The van der Waals surface area contributed by atoms with Crippen molar-refractivity contribution in [1.82, 2.24) is 19.2 Å². The molecule has 0 spiro atoms. The van der Waals surface area contributed by atoms with Gasteiger partial charge >= 0.3 is 0 Å². The van der Waals surface area contributed by atoms with Gasteiger partial charge in [-0.25, -0.2) is 18.4 Å². The molecular formula is C21H23N5O4S2. The number of rotatable bonds is 6. The molecule has 3 aromatic rings. The monoisotopic (exact) mass is 473 g/mol. The maximum Gasteiger partial charge on any atom is 0.243 e. The number of benzene rings is 1. The van der Waals surface area contributed by atoms with Crippen molar-refractivity contribution in [3.63, 3.8) is 0 Å². The lowest BCUT2D eigenvalue weighted by molar-refractivity contribution is -0.131. The number of aromatic nitrogens is 2. The van der Waals surface area contributed by atoms with Gasteiger partial charge in [0, 0.05) is 45.0 Å². The summed E-state index contributed by atoms with van der Waals surface area (Å²) < 4.78 is 26.7. The molecule has 1 aromatic carbocycles. The first kappa shape index (κ1) is 22.3. The molecule has 4 rings (SSSR count). The number of hydrogen-bond acceptors (Lipinski definition) is 8. The molecule has 168 valence electrons. The Bertz CT molecular complexity index is 1220. The van der Waals surface area contributed by atoms with Gasteiger partial charge in [0.1, 0.15) is 10.3 Å². The number of sulfonamides is 1. The molecule has 2 aromatic heterocycles. The Labute approximate surface area is 190 Å².